The number of ether oxygens (including phenoxy) is 1. The van der Waals surface area contributed by atoms with Crippen LogP contribution in [0, 0.1) is 0 Å². The third kappa shape index (κ3) is 5.43. The minimum absolute atomic E-state index is 0.0255. The largest absolute Gasteiger partial charge is 0.489 e. The number of halogens is 3. The summed E-state index contributed by atoms with van der Waals surface area (Å²) in [6.07, 6.45) is -2.87. The third-order valence-corrected chi connectivity index (χ3v) is 5.98. The van der Waals surface area contributed by atoms with Crippen LogP contribution >= 0.6 is 0 Å². The summed E-state index contributed by atoms with van der Waals surface area (Å²) in [6.45, 7) is 6.52. The van der Waals surface area contributed by atoms with Gasteiger partial charge in [-0.05, 0) is 36.4 Å². The van der Waals surface area contributed by atoms with Gasteiger partial charge in [0.25, 0.3) is 0 Å². The Kier molecular flexibility index (Phi) is 6.57. The van der Waals surface area contributed by atoms with E-state index in [0.29, 0.717) is 29.4 Å². The summed E-state index contributed by atoms with van der Waals surface area (Å²) in [5.74, 6) is -0.215. The summed E-state index contributed by atoms with van der Waals surface area (Å²) in [7, 11) is 0. The minimum atomic E-state index is -4.69. The van der Waals surface area contributed by atoms with E-state index in [1.807, 2.05) is 12.1 Å². The molecule has 0 saturated carbocycles. The lowest BCUT2D eigenvalue weighted by atomic mass is 10.1. The fraction of sp³-hybridized carbons (Fsp3) is 0.240. The van der Waals surface area contributed by atoms with Crippen molar-refractivity contribution in [2.24, 2.45) is 0 Å². The molecule has 9 nitrogen and oxygen atoms in total. The first-order chi connectivity index (χ1) is 17.8. The summed E-state index contributed by atoms with van der Waals surface area (Å²) >= 11 is 0. The summed E-state index contributed by atoms with van der Waals surface area (Å²) < 4.78 is 47.0. The molecule has 192 valence electrons. The van der Waals surface area contributed by atoms with Gasteiger partial charge in [0, 0.05) is 49.0 Å². The number of alkyl halides is 3. The van der Waals surface area contributed by atoms with E-state index >= 15 is 0 Å². The summed E-state index contributed by atoms with van der Waals surface area (Å²) in [4.78, 5) is 21.8. The molecule has 12 heteroatoms. The monoisotopic (exact) mass is 511 g/mol. The molecule has 1 atom stereocenters. The van der Waals surface area contributed by atoms with Crippen LogP contribution in [0.2, 0.25) is 0 Å². The van der Waals surface area contributed by atoms with Gasteiger partial charge in [0.15, 0.2) is 0 Å². The van der Waals surface area contributed by atoms with Crippen LogP contribution in [0.1, 0.15) is 5.56 Å². The van der Waals surface area contributed by atoms with Gasteiger partial charge in [-0.25, -0.2) is 4.98 Å². The van der Waals surface area contributed by atoms with E-state index in [1.165, 1.54) is 6.07 Å². The lowest BCUT2D eigenvalue weighted by Crippen LogP contribution is -2.55. The SMILES string of the molecule is C=CC(=O)Nc1cccc(Nc2nc(Nc3ccc4c(c3)OC[C@H]3CNCCN43)ncc2C(F)(F)F)c1. The number of carbonyl (C=O) groups is 1. The molecule has 0 unspecified atom stereocenters. The zero-order valence-electron chi connectivity index (χ0n) is 19.6. The second-order valence-corrected chi connectivity index (χ2v) is 8.52. The van der Waals surface area contributed by atoms with Crippen molar-refractivity contribution in [1.29, 1.82) is 0 Å². The average Bonchev–Trinajstić information content (AvgIpc) is 2.88. The molecule has 2 aromatic carbocycles. The molecular formula is C25H24F3N7O2. The number of rotatable bonds is 6. The topological polar surface area (TPSA) is 103 Å². The smallest absolute Gasteiger partial charge is 0.421 e. The van der Waals surface area contributed by atoms with Crippen molar-refractivity contribution in [3.8, 4) is 5.75 Å². The van der Waals surface area contributed by atoms with E-state index in [2.05, 4.69) is 42.7 Å². The fourth-order valence-electron chi connectivity index (χ4n) is 4.24. The number of nitrogens with one attached hydrogen (secondary N) is 4. The van der Waals surface area contributed by atoms with Crippen molar-refractivity contribution in [3.05, 3.63) is 66.9 Å². The predicted molar refractivity (Wildman–Crippen MR) is 135 cm³/mol. The van der Waals surface area contributed by atoms with Gasteiger partial charge < -0.3 is 30.9 Å². The van der Waals surface area contributed by atoms with Crippen molar-refractivity contribution in [2.45, 2.75) is 12.2 Å². The van der Waals surface area contributed by atoms with Crippen LogP contribution in [-0.2, 0) is 11.0 Å². The van der Waals surface area contributed by atoms with Crippen LogP contribution in [0.15, 0.2) is 61.3 Å². The standard InChI is InChI=1S/C25H24F3N7O2/c1-2-22(36)31-15-4-3-5-16(10-15)32-23-19(25(26,27)28)13-30-24(34-23)33-17-6-7-20-21(11-17)37-14-18-12-29-8-9-35(18)20/h2-7,10-11,13,18,29H,1,8-9,12,14H2,(H,31,36)(H2,30,32,33,34)/t18-/m1/s1. The van der Waals surface area contributed by atoms with Gasteiger partial charge >= 0.3 is 6.18 Å². The molecule has 1 aromatic heterocycles. The zero-order valence-corrected chi connectivity index (χ0v) is 19.6. The molecule has 5 rings (SSSR count). The molecule has 3 heterocycles. The van der Waals surface area contributed by atoms with Gasteiger partial charge in [-0.15, -0.1) is 0 Å². The second-order valence-electron chi connectivity index (χ2n) is 8.52. The number of hydrogen-bond acceptors (Lipinski definition) is 8. The highest BCUT2D eigenvalue weighted by atomic mass is 19.4. The lowest BCUT2D eigenvalue weighted by Gasteiger charge is -2.42. The highest BCUT2D eigenvalue weighted by Gasteiger charge is 2.35. The van der Waals surface area contributed by atoms with Crippen molar-refractivity contribution >= 4 is 40.4 Å². The van der Waals surface area contributed by atoms with Crippen molar-refractivity contribution in [2.75, 3.05) is 47.1 Å². The first-order valence-corrected chi connectivity index (χ1v) is 11.6. The number of carbonyl (C=O) groups excluding carboxylic acids is 1. The number of fused-ring (bicyclic) bond motifs is 3. The molecule has 0 bridgehead atoms. The van der Waals surface area contributed by atoms with E-state index in [4.69, 9.17) is 4.74 Å². The minimum Gasteiger partial charge on any atom is -0.489 e. The molecule has 0 radical (unpaired) electrons. The number of nitrogens with zero attached hydrogens (tertiary/aromatic N) is 3. The van der Waals surface area contributed by atoms with Gasteiger partial charge in [0.1, 0.15) is 23.7 Å². The molecule has 3 aromatic rings. The van der Waals surface area contributed by atoms with Crippen LogP contribution in [0.5, 0.6) is 5.75 Å². The van der Waals surface area contributed by atoms with Crippen LogP contribution in [0.25, 0.3) is 0 Å². The van der Waals surface area contributed by atoms with E-state index in [-0.39, 0.29) is 12.0 Å². The fourth-order valence-corrected chi connectivity index (χ4v) is 4.24. The molecule has 1 fully saturated rings. The number of anilines is 6. The Labute approximate surface area is 210 Å². The average molecular weight is 512 g/mol. The quantitative estimate of drug-likeness (QED) is 0.364. The maximum absolute atomic E-state index is 13.7. The first kappa shape index (κ1) is 24.4. The number of hydrogen-bond donors (Lipinski definition) is 4. The van der Waals surface area contributed by atoms with Crippen LogP contribution in [0.4, 0.5) is 47.7 Å². The molecule has 1 saturated heterocycles. The Morgan fingerprint density at radius 1 is 1.16 bits per heavy atom. The van der Waals surface area contributed by atoms with Gasteiger partial charge in [0.05, 0.1) is 11.7 Å². The van der Waals surface area contributed by atoms with Crippen LogP contribution in [0.3, 0.4) is 0 Å². The number of piperazine rings is 1. The van der Waals surface area contributed by atoms with Gasteiger partial charge in [0.2, 0.25) is 11.9 Å². The Morgan fingerprint density at radius 2 is 1.97 bits per heavy atom. The first-order valence-electron chi connectivity index (χ1n) is 11.6. The highest BCUT2D eigenvalue weighted by molar-refractivity contribution is 5.99. The molecule has 0 aliphatic carbocycles. The van der Waals surface area contributed by atoms with Gasteiger partial charge in [-0.2, -0.15) is 18.2 Å². The summed E-state index contributed by atoms with van der Waals surface area (Å²) in [5, 5.41) is 11.6. The molecule has 0 spiro atoms. The molecule has 37 heavy (non-hydrogen) atoms. The zero-order chi connectivity index (χ0) is 26.0. The van der Waals surface area contributed by atoms with Crippen LogP contribution < -0.4 is 30.9 Å². The second kappa shape index (κ2) is 9.97. The van der Waals surface area contributed by atoms with Crippen molar-refractivity contribution in [3.63, 3.8) is 0 Å². The number of aromatic nitrogens is 2. The number of benzene rings is 2. The molecule has 2 aliphatic rings. The third-order valence-electron chi connectivity index (χ3n) is 5.98. The maximum atomic E-state index is 13.7. The molecule has 4 N–H and O–H groups in total. The van der Waals surface area contributed by atoms with E-state index in [1.54, 1.807) is 24.3 Å². The Morgan fingerprint density at radius 3 is 2.78 bits per heavy atom. The van der Waals surface area contributed by atoms with Gasteiger partial charge in [-0.1, -0.05) is 12.6 Å². The van der Waals surface area contributed by atoms with E-state index < -0.39 is 23.5 Å². The Bertz CT molecular complexity index is 1330. The normalized spacial score (nSPS) is 16.6. The lowest BCUT2D eigenvalue weighted by molar-refractivity contribution is -0.137. The van der Waals surface area contributed by atoms with Crippen molar-refractivity contribution in [1.82, 2.24) is 15.3 Å². The molecule has 1 amide bonds. The predicted octanol–water partition coefficient (Wildman–Crippen LogP) is 4.28. The van der Waals surface area contributed by atoms with Crippen molar-refractivity contribution < 1.29 is 22.7 Å². The maximum Gasteiger partial charge on any atom is 0.421 e. The van der Waals surface area contributed by atoms with Crippen LogP contribution in [-0.4, -0.2) is 48.2 Å². The Balaban J connectivity index is 1.39. The Hall–Kier alpha value is -4.32. The summed E-state index contributed by atoms with van der Waals surface area (Å²) in [5.41, 5.74) is 1.20. The molecular weight excluding hydrogens is 487 g/mol. The van der Waals surface area contributed by atoms with E-state index in [9.17, 15) is 18.0 Å². The van der Waals surface area contributed by atoms with Gasteiger partial charge in [-0.3, -0.25) is 4.79 Å². The summed E-state index contributed by atoms with van der Waals surface area (Å²) in [6, 6.07) is 12.0. The highest BCUT2D eigenvalue weighted by Crippen LogP contribution is 2.38. The molecule has 2 aliphatic heterocycles. The van der Waals surface area contributed by atoms with E-state index in [0.717, 1.165) is 37.6 Å². The number of amides is 1.